The van der Waals surface area contributed by atoms with E-state index in [0.717, 1.165) is 32.5 Å². The quantitative estimate of drug-likeness (QED) is 0.842. The van der Waals surface area contributed by atoms with Gasteiger partial charge < -0.3 is 5.32 Å². The van der Waals surface area contributed by atoms with Crippen molar-refractivity contribution in [2.24, 2.45) is 0 Å². The van der Waals surface area contributed by atoms with Crippen LogP contribution >= 0.6 is 11.3 Å². The van der Waals surface area contributed by atoms with E-state index in [9.17, 15) is 0 Å². The number of nitrogens with zero attached hydrogens (tertiary/aromatic N) is 2. The molecule has 0 aromatic carbocycles. The van der Waals surface area contributed by atoms with E-state index in [1.165, 1.54) is 21.1 Å². The largest absolute Gasteiger partial charge is 0.312 e. The van der Waals surface area contributed by atoms with Crippen molar-refractivity contribution in [3.8, 4) is 0 Å². The van der Waals surface area contributed by atoms with E-state index in [1.54, 1.807) is 0 Å². The number of aromatic nitrogens is 2. The normalized spacial score (nSPS) is 11.1. The van der Waals surface area contributed by atoms with Crippen molar-refractivity contribution in [1.29, 1.82) is 0 Å². The molecule has 0 bridgehead atoms. The molecular weight excluding hydrogens is 254 g/mol. The maximum absolute atomic E-state index is 4.67. The molecule has 0 radical (unpaired) electrons. The van der Waals surface area contributed by atoms with Crippen LogP contribution in [0.3, 0.4) is 0 Å². The average Bonchev–Trinajstić information content (AvgIpc) is 3.03. The molecule has 2 aromatic heterocycles. The van der Waals surface area contributed by atoms with Crippen molar-refractivity contribution in [2.45, 2.75) is 46.7 Å². The summed E-state index contributed by atoms with van der Waals surface area (Å²) in [5.74, 6) is 0. The first kappa shape index (κ1) is 14.3. The molecule has 3 nitrogen and oxygen atoms in total. The first-order valence-electron chi connectivity index (χ1n) is 7.10. The van der Waals surface area contributed by atoms with Gasteiger partial charge in [0.05, 0.1) is 12.2 Å². The van der Waals surface area contributed by atoms with Gasteiger partial charge in [0, 0.05) is 22.0 Å². The molecule has 2 aromatic rings. The van der Waals surface area contributed by atoms with E-state index in [0.29, 0.717) is 0 Å². The van der Waals surface area contributed by atoms with Crippen LogP contribution < -0.4 is 5.32 Å². The molecule has 0 saturated heterocycles. The van der Waals surface area contributed by atoms with Crippen molar-refractivity contribution in [2.75, 3.05) is 6.54 Å². The summed E-state index contributed by atoms with van der Waals surface area (Å²) in [6.45, 7) is 9.38. The Bertz CT molecular complexity index is 513. The topological polar surface area (TPSA) is 29.9 Å². The second kappa shape index (κ2) is 6.87. The Morgan fingerprint density at radius 2 is 1.95 bits per heavy atom. The molecule has 19 heavy (non-hydrogen) atoms. The lowest BCUT2D eigenvalue weighted by Crippen LogP contribution is -2.10. The molecule has 0 fully saturated rings. The minimum absolute atomic E-state index is 0.903. The second-order valence-corrected chi connectivity index (χ2v) is 5.89. The lowest BCUT2D eigenvalue weighted by molar-refractivity contribution is 0.646. The summed E-state index contributed by atoms with van der Waals surface area (Å²) in [6, 6.07) is 6.68. The number of hydrogen-bond acceptors (Lipinski definition) is 3. The van der Waals surface area contributed by atoms with Gasteiger partial charge in [-0.1, -0.05) is 20.8 Å². The molecule has 0 aliphatic rings. The molecular formula is C15H23N3S. The zero-order valence-electron chi connectivity index (χ0n) is 12.1. The third kappa shape index (κ3) is 3.67. The van der Waals surface area contributed by atoms with Gasteiger partial charge in [-0.15, -0.1) is 11.3 Å². The third-order valence-electron chi connectivity index (χ3n) is 3.21. The number of thiophene rings is 1. The molecule has 1 N–H and O–H groups in total. The smallest absolute Gasteiger partial charge is 0.0755 e. The van der Waals surface area contributed by atoms with Gasteiger partial charge in [0.25, 0.3) is 0 Å². The Labute approximate surface area is 119 Å². The van der Waals surface area contributed by atoms with Crippen LogP contribution in [-0.2, 0) is 25.9 Å². The van der Waals surface area contributed by atoms with Gasteiger partial charge in [-0.25, -0.2) is 0 Å². The van der Waals surface area contributed by atoms with Gasteiger partial charge in [0.2, 0.25) is 0 Å². The van der Waals surface area contributed by atoms with Crippen LogP contribution in [0.25, 0.3) is 0 Å². The van der Waals surface area contributed by atoms with E-state index >= 15 is 0 Å². The first-order valence-corrected chi connectivity index (χ1v) is 7.92. The summed E-state index contributed by atoms with van der Waals surface area (Å²) in [4.78, 5) is 2.78. The van der Waals surface area contributed by atoms with Crippen molar-refractivity contribution in [3.05, 3.63) is 39.3 Å². The Balaban J connectivity index is 2.07. The van der Waals surface area contributed by atoms with Gasteiger partial charge in [-0.3, -0.25) is 4.68 Å². The minimum Gasteiger partial charge on any atom is -0.312 e. The number of nitrogens with one attached hydrogen (secondary N) is 1. The van der Waals surface area contributed by atoms with Crippen molar-refractivity contribution < 1.29 is 0 Å². The average molecular weight is 277 g/mol. The number of hydrogen-bond donors (Lipinski definition) is 1. The van der Waals surface area contributed by atoms with Crippen LogP contribution in [0.5, 0.6) is 0 Å². The van der Waals surface area contributed by atoms with E-state index in [4.69, 9.17) is 0 Å². The Kier molecular flexibility index (Phi) is 5.16. The highest BCUT2D eigenvalue weighted by molar-refractivity contribution is 7.11. The van der Waals surface area contributed by atoms with Crippen molar-refractivity contribution in [1.82, 2.24) is 15.1 Å². The molecule has 0 spiro atoms. The number of rotatable bonds is 7. The van der Waals surface area contributed by atoms with E-state index in [2.05, 4.69) is 54.1 Å². The SMILES string of the molecule is CCNCc1ccc(Cn2nc(CC)cc2CC)s1. The summed E-state index contributed by atoms with van der Waals surface area (Å²) in [7, 11) is 0. The summed E-state index contributed by atoms with van der Waals surface area (Å²) < 4.78 is 2.15. The lowest BCUT2D eigenvalue weighted by Gasteiger charge is -2.03. The summed E-state index contributed by atoms with van der Waals surface area (Å²) in [6.07, 6.45) is 2.05. The molecule has 0 atom stereocenters. The maximum Gasteiger partial charge on any atom is 0.0755 e. The van der Waals surface area contributed by atoms with Crippen molar-refractivity contribution in [3.63, 3.8) is 0 Å². The predicted octanol–water partition coefficient (Wildman–Crippen LogP) is 3.23. The summed E-state index contributed by atoms with van der Waals surface area (Å²) in [5.41, 5.74) is 2.53. The summed E-state index contributed by atoms with van der Waals surface area (Å²) in [5, 5.41) is 8.04. The molecule has 0 amide bonds. The fraction of sp³-hybridized carbons (Fsp3) is 0.533. The van der Waals surface area contributed by atoms with E-state index in [-0.39, 0.29) is 0 Å². The van der Waals surface area contributed by atoms with Crippen LogP contribution in [0.4, 0.5) is 0 Å². The highest BCUT2D eigenvalue weighted by Gasteiger charge is 2.07. The van der Waals surface area contributed by atoms with Crippen molar-refractivity contribution >= 4 is 11.3 Å². The highest BCUT2D eigenvalue weighted by Crippen LogP contribution is 2.18. The van der Waals surface area contributed by atoms with Gasteiger partial charge in [-0.05, 0) is 37.6 Å². The number of aryl methyl sites for hydroxylation is 2. The Morgan fingerprint density at radius 3 is 2.63 bits per heavy atom. The maximum atomic E-state index is 4.67. The van der Waals surface area contributed by atoms with E-state index < -0.39 is 0 Å². The van der Waals surface area contributed by atoms with Gasteiger partial charge >= 0.3 is 0 Å². The standard InChI is InChI=1S/C15H23N3S/c1-4-12-9-13(5-2)18(17-12)11-15-8-7-14(19-15)10-16-6-3/h7-9,16H,4-6,10-11H2,1-3H3. The fourth-order valence-corrected chi connectivity index (χ4v) is 3.08. The van der Waals surface area contributed by atoms with Crippen LogP contribution in [0, 0.1) is 0 Å². The lowest BCUT2D eigenvalue weighted by atomic mass is 10.2. The fourth-order valence-electron chi connectivity index (χ4n) is 2.11. The van der Waals surface area contributed by atoms with Crippen LogP contribution in [0.2, 0.25) is 0 Å². The summed E-state index contributed by atoms with van der Waals surface area (Å²) >= 11 is 1.88. The zero-order chi connectivity index (χ0) is 13.7. The molecule has 4 heteroatoms. The minimum atomic E-state index is 0.903. The third-order valence-corrected chi connectivity index (χ3v) is 4.28. The zero-order valence-corrected chi connectivity index (χ0v) is 12.9. The molecule has 2 rings (SSSR count). The molecule has 0 unspecified atom stereocenters. The van der Waals surface area contributed by atoms with Gasteiger partial charge in [-0.2, -0.15) is 5.10 Å². The molecule has 0 saturated carbocycles. The van der Waals surface area contributed by atoms with Crippen LogP contribution in [0.1, 0.15) is 41.9 Å². The first-order chi connectivity index (χ1) is 9.26. The molecule has 0 aliphatic heterocycles. The van der Waals surface area contributed by atoms with E-state index in [1.807, 2.05) is 11.3 Å². The molecule has 0 aliphatic carbocycles. The monoisotopic (exact) mass is 277 g/mol. The van der Waals surface area contributed by atoms with Gasteiger partial charge in [0.15, 0.2) is 0 Å². The predicted molar refractivity (Wildman–Crippen MR) is 81.8 cm³/mol. The molecule has 2 heterocycles. The molecule has 104 valence electrons. The second-order valence-electron chi connectivity index (χ2n) is 4.64. The van der Waals surface area contributed by atoms with Crippen LogP contribution in [0.15, 0.2) is 18.2 Å². The van der Waals surface area contributed by atoms with Gasteiger partial charge in [0.1, 0.15) is 0 Å². The Hall–Kier alpha value is -1.13. The Morgan fingerprint density at radius 1 is 1.16 bits per heavy atom. The van der Waals surface area contributed by atoms with Crippen LogP contribution in [-0.4, -0.2) is 16.3 Å². The highest BCUT2D eigenvalue weighted by atomic mass is 32.1.